The monoisotopic (exact) mass is 283 g/mol. The van der Waals surface area contributed by atoms with Crippen molar-refractivity contribution >= 4 is 0 Å². The molecule has 0 aliphatic rings. The third-order valence-corrected chi connectivity index (χ3v) is 3.80. The summed E-state index contributed by atoms with van der Waals surface area (Å²) in [7, 11) is 0. The van der Waals surface area contributed by atoms with Crippen LogP contribution in [0.2, 0.25) is 0 Å². The molecule has 0 aliphatic heterocycles. The maximum Gasteiger partial charge on any atom is 0.0423 e. The second-order valence-corrected chi connectivity index (χ2v) is 5.45. The Morgan fingerprint density at radius 2 is 1.90 bits per heavy atom. The third-order valence-electron chi connectivity index (χ3n) is 3.80. The predicted octanol–water partition coefficient (Wildman–Crippen LogP) is 3.55. The van der Waals surface area contributed by atoms with Crippen molar-refractivity contribution in [3.05, 3.63) is 58.7 Å². The van der Waals surface area contributed by atoms with Crippen LogP contribution < -0.4 is 5.32 Å². The molecule has 2 aromatic rings. The summed E-state index contributed by atoms with van der Waals surface area (Å²) < 4.78 is 0. The van der Waals surface area contributed by atoms with Gasteiger partial charge >= 0.3 is 0 Å². The van der Waals surface area contributed by atoms with Crippen LogP contribution in [0.3, 0.4) is 0 Å². The summed E-state index contributed by atoms with van der Waals surface area (Å²) in [6.07, 6.45) is 3.91. The van der Waals surface area contributed by atoms with Crippen molar-refractivity contribution in [3.8, 4) is 0 Å². The average Bonchev–Trinajstić information content (AvgIpc) is 2.48. The number of aryl methyl sites for hydroxylation is 3. The lowest BCUT2D eigenvalue weighted by atomic mass is 9.99. The predicted molar refractivity (Wildman–Crippen MR) is 87.4 cm³/mol. The Morgan fingerprint density at radius 1 is 1.10 bits per heavy atom. The Balaban J connectivity index is 2.21. The number of hydrogen-bond acceptors (Lipinski definition) is 3. The number of nitrogens with one attached hydrogen (secondary N) is 1. The van der Waals surface area contributed by atoms with E-state index in [-0.39, 0.29) is 6.04 Å². The molecule has 0 saturated heterocycles. The van der Waals surface area contributed by atoms with E-state index in [1.54, 1.807) is 0 Å². The highest BCUT2D eigenvalue weighted by Crippen LogP contribution is 2.20. The van der Waals surface area contributed by atoms with Gasteiger partial charge in [0.05, 0.1) is 0 Å². The van der Waals surface area contributed by atoms with Crippen LogP contribution >= 0.6 is 0 Å². The lowest BCUT2D eigenvalue weighted by Crippen LogP contribution is -2.24. The second kappa shape index (κ2) is 7.32. The summed E-state index contributed by atoms with van der Waals surface area (Å²) in [5.41, 5.74) is 5.84. The lowest BCUT2D eigenvalue weighted by Gasteiger charge is -2.20. The molecular formula is C18H25N3. The van der Waals surface area contributed by atoms with E-state index in [0.29, 0.717) is 0 Å². The highest BCUT2D eigenvalue weighted by molar-refractivity contribution is 5.27. The van der Waals surface area contributed by atoms with E-state index in [2.05, 4.69) is 60.3 Å². The Morgan fingerprint density at radius 3 is 2.48 bits per heavy atom. The van der Waals surface area contributed by atoms with Gasteiger partial charge in [0.2, 0.25) is 0 Å². The van der Waals surface area contributed by atoms with Crippen molar-refractivity contribution in [1.82, 2.24) is 15.3 Å². The molecular weight excluding hydrogens is 258 g/mol. The minimum atomic E-state index is 0.267. The summed E-state index contributed by atoms with van der Waals surface area (Å²) in [5, 5.41) is 3.56. The molecule has 0 aromatic carbocycles. The third kappa shape index (κ3) is 4.11. The van der Waals surface area contributed by atoms with Gasteiger partial charge in [0.1, 0.15) is 0 Å². The van der Waals surface area contributed by atoms with Crippen LogP contribution in [0.5, 0.6) is 0 Å². The molecule has 21 heavy (non-hydrogen) atoms. The normalized spacial score (nSPS) is 12.4. The Kier molecular flexibility index (Phi) is 5.45. The quantitative estimate of drug-likeness (QED) is 0.881. The molecule has 0 aliphatic carbocycles. The maximum atomic E-state index is 4.59. The van der Waals surface area contributed by atoms with Crippen LogP contribution in [0.15, 0.2) is 30.5 Å². The second-order valence-electron chi connectivity index (χ2n) is 5.45. The number of pyridine rings is 2. The molecule has 2 aromatic heterocycles. The molecule has 0 spiro atoms. The van der Waals surface area contributed by atoms with E-state index in [4.69, 9.17) is 0 Å². The summed E-state index contributed by atoms with van der Waals surface area (Å²) in [6, 6.07) is 8.85. The Hall–Kier alpha value is -1.74. The molecule has 112 valence electrons. The standard InChI is InChI=1S/C18H25N3/c1-5-15-8-9-16(20-12-15)11-18(19-6-2)17-10-7-13(3)21-14(17)4/h7-10,12,18-19H,5-6,11H2,1-4H3. The fourth-order valence-corrected chi connectivity index (χ4v) is 2.60. The highest BCUT2D eigenvalue weighted by atomic mass is 14.9. The van der Waals surface area contributed by atoms with Gasteiger partial charge in [0.25, 0.3) is 0 Å². The molecule has 0 amide bonds. The van der Waals surface area contributed by atoms with Gasteiger partial charge < -0.3 is 5.32 Å². The molecule has 1 atom stereocenters. The van der Waals surface area contributed by atoms with Gasteiger partial charge in [-0.1, -0.05) is 26.0 Å². The van der Waals surface area contributed by atoms with Gasteiger partial charge in [-0.3, -0.25) is 9.97 Å². The van der Waals surface area contributed by atoms with Gasteiger partial charge in [0, 0.05) is 35.7 Å². The van der Waals surface area contributed by atoms with E-state index in [1.165, 1.54) is 11.1 Å². The zero-order valence-electron chi connectivity index (χ0n) is 13.5. The van der Waals surface area contributed by atoms with Crippen molar-refractivity contribution in [2.24, 2.45) is 0 Å². The molecule has 3 nitrogen and oxygen atoms in total. The van der Waals surface area contributed by atoms with E-state index in [9.17, 15) is 0 Å². The molecule has 1 unspecified atom stereocenters. The largest absolute Gasteiger partial charge is 0.310 e. The number of aromatic nitrogens is 2. The van der Waals surface area contributed by atoms with Gasteiger partial charge in [-0.25, -0.2) is 0 Å². The summed E-state index contributed by atoms with van der Waals surface area (Å²) in [6.45, 7) is 9.34. The Labute approximate surface area is 127 Å². The molecule has 2 rings (SSSR count). The first-order chi connectivity index (χ1) is 10.1. The molecule has 2 heterocycles. The zero-order chi connectivity index (χ0) is 15.2. The van der Waals surface area contributed by atoms with E-state index in [1.807, 2.05) is 13.1 Å². The first-order valence-corrected chi connectivity index (χ1v) is 7.75. The van der Waals surface area contributed by atoms with E-state index in [0.717, 1.165) is 36.5 Å². The van der Waals surface area contributed by atoms with Crippen LogP contribution in [0, 0.1) is 13.8 Å². The highest BCUT2D eigenvalue weighted by Gasteiger charge is 2.15. The SMILES string of the molecule is CCNC(Cc1ccc(CC)cn1)c1ccc(C)nc1C. The molecule has 0 fully saturated rings. The zero-order valence-corrected chi connectivity index (χ0v) is 13.5. The van der Waals surface area contributed by atoms with Crippen molar-refractivity contribution < 1.29 is 0 Å². The first-order valence-electron chi connectivity index (χ1n) is 7.75. The van der Waals surface area contributed by atoms with Gasteiger partial charge in [-0.05, 0) is 50.1 Å². The number of rotatable bonds is 6. The van der Waals surface area contributed by atoms with Gasteiger partial charge in [-0.15, -0.1) is 0 Å². The van der Waals surface area contributed by atoms with Crippen LogP contribution in [0.1, 0.15) is 48.1 Å². The Bertz CT molecular complexity index is 576. The summed E-state index contributed by atoms with van der Waals surface area (Å²) >= 11 is 0. The minimum absolute atomic E-state index is 0.267. The molecule has 0 saturated carbocycles. The first kappa shape index (κ1) is 15.6. The van der Waals surface area contributed by atoms with Crippen LogP contribution in [-0.4, -0.2) is 16.5 Å². The average molecular weight is 283 g/mol. The van der Waals surface area contributed by atoms with Crippen molar-refractivity contribution in [2.75, 3.05) is 6.54 Å². The van der Waals surface area contributed by atoms with E-state index < -0.39 is 0 Å². The topological polar surface area (TPSA) is 37.8 Å². The van der Waals surface area contributed by atoms with Crippen LogP contribution in [0.4, 0.5) is 0 Å². The number of hydrogen-bond donors (Lipinski definition) is 1. The fourth-order valence-electron chi connectivity index (χ4n) is 2.60. The number of likely N-dealkylation sites (N-methyl/N-ethyl adjacent to an activating group) is 1. The van der Waals surface area contributed by atoms with E-state index >= 15 is 0 Å². The summed E-state index contributed by atoms with van der Waals surface area (Å²) in [4.78, 5) is 9.17. The molecule has 0 bridgehead atoms. The van der Waals surface area contributed by atoms with Crippen molar-refractivity contribution in [1.29, 1.82) is 0 Å². The van der Waals surface area contributed by atoms with Crippen LogP contribution in [0.25, 0.3) is 0 Å². The lowest BCUT2D eigenvalue weighted by molar-refractivity contribution is 0.539. The summed E-state index contributed by atoms with van der Waals surface area (Å²) in [5.74, 6) is 0. The smallest absolute Gasteiger partial charge is 0.0423 e. The fraction of sp³-hybridized carbons (Fsp3) is 0.444. The van der Waals surface area contributed by atoms with Crippen molar-refractivity contribution in [3.63, 3.8) is 0 Å². The number of nitrogens with zero attached hydrogens (tertiary/aromatic N) is 2. The minimum Gasteiger partial charge on any atom is -0.310 e. The molecule has 3 heteroatoms. The van der Waals surface area contributed by atoms with Crippen molar-refractivity contribution in [2.45, 2.75) is 46.6 Å². The van der Waals surface area contributed by atoms with Gasteiger partial charge in [0.15, 0.2) is 0 Å². The van der Waals surface area contributed by atoms with Gasteiger partial charge in [-0.2, -0.15) is 0 Å². The molecule has 0 radical (unpaired) electrons. The molecule has 1 N–H and O–H groups in total. The van der Waals surface area contributed by atoms with Crippen LogP contribution in [-0.2, 0) is 12.8 Å². The maximum absolute atomic E-state index is 4.59.